The third-order valence-corrected chi connectivity index (χ3v) is 2.65. The molecule has 19 heavy (non-hydrogen) atoms. The number of rotatable bonds is 5. The molecule has 2 atom stereocenters. The van der Waals surface area contributed by atoms with Crippen LogP contribution in [0.4, 0.5) is 0 Å². The van der Waals surface area contributed by atoms with Crippen LogP contribution in [0.5, 0.6) is 5.75 Å². The normalized spacial score (nSPS) is 13.4. The SMILES string of the molecule is CC(=O)NCCC(O)C(O)c1cc(C#N)ccc1O. The Bertz CT molecular complexity index is 496. The second-order valence-electron chi connectivity index (χ2n) is 4.17. The van der Waals surface area contributed by atoms with Gasteiger partial charge in [-0.2, -0.15) is 5.26 Å². The summed E-state index contributed by atoms with van der Waals surface area (Å²) in [4.78, 5) is 10.7. The summed E-state index contributed by atoms with van der Waals surface area (Å²) in [5, 5.41) is 40.6. The smallest absolute Gasteiger partial charge is 0.216 e. The Hall–Kier alpha value is -2.10. The standard InChI is InChI=1S/C13H16N2O4/c1-8(16)15-5-4-12(18)13(19)10-6-9(7-14)2-3-11(10)17/h2-3,6,12-13,17-19H,4-5H2,1H3,(H,15,16). The topological polar surface area (TPSA) is 114 Å². The van der Waals surface area contributed by atoms with E-state index in [2.05, 4.69) is 5.32 Å². The van der Waals surface area contributed by atoms with E-state index in [0.29, 0.717) is 0 Å². The van der Waals surface area contributed by atoms with E-state index in [1.165, 1.54) is 25.1 Å². The van der Waals surface area contributed by atoms with Crippen molar-refractivity contribution in [3.8, 4) is 11.8 Å². The maximum atomic E-state index is 10.7. The highest BCUT2D eigenvalue weighted by Gasteiger charge is 2.21. The maximum Gasteiger partial charge on any atom is 0.216 e. The zero-order valence-corrected chi connectivity index (χ0v) is 10.5. The van der Waals surface area contributed by atoms with Crippen LogP contribution in [-0.2, 0) is 4.79 Å². The van der Waals surface area contributed by atoms with Crippen LogP contribution < -0.4 is 5.32 Å². The lowest BCUT2D eigenvalue weighted by atomic mass is 9.99. The Morgan fingerprint density at radius 2 is 2.16 bits per heavy atom. The van der Waals surface area contributed by atoms with Crippen molar-refractivity contribution in [3.05, 3.63) is 29.3 Å². The molecule has 2 unspecified atom stereocenters. The number of nitrogens with one attached hydrogen (secondary N) is 1. The molecule has 0 aromatic heterocycles. The Morgan fingerprint density at radius 3 is 2.74 bits per heavy atom. The molecular formula is C13H16N2O4. The van der Waals surface area contributed by atoms with Crippen molar-refractivity contribution >= 4 is 5.91 Å². The fourth-order valence-corrected chi connectivity index (χ4v) is 1.62. The van der Waals surface area contributed by atoms with Crippen molar-refractivity contribution in [2.45, 2.75) is 25.6 Å². The molecular weight excluding hydrogens is 248 g/mol. The quantitative estimate of drug-likeness (QED) is 0.606. The van der Waals surface area contributed by atoms with Gasteiger partial charge in [-0.1, -0.05) is 0 Å². The predicted octanol–water partition coefficient (Wildman–Crippen LogP) is 0.184. The van der Waals surface area contributed by atoms with Gasteiger partial charge in [0.05, 0.1) is 17.7 Å². The zero-order chi connectivity index (χ0) is 14.4. The summed E-state index contributed by atoms with van der Waals surface area (Å²) in [6, 6.07) is 5.91. The van der Waals surface area contributed by atoms with Crippen LogP contribution >= 0.6 is 0 Å². The molecule has 0 aliphatic carbocycles. The van der Waals surface area contributed by atoms with Gasteiger partial charge in [-0.15, -0.1) is 0 Å². The number of carbonyl (C=O) groups is 1. The van der Waals surface area contributed by atoms with Gasteiger partial charge in [0.2, 0.25) is 5.91 Å². The Labute approximate surface area is 110 Å². The summed E-state index contributed by atoms with van der Waals surface area (Å²) < 4.78 is 0. The molecule has 0 aliphatic rings. The van der Waals surface area contributed by atoms with E-state index in [9.17, 15) is 20.1 Å². The molecule has 4 N–H and O–H groups in total. The number of phenols is 1. The molecule has 0 saturated carbocycles. The van der Waals surface area contributed by atoms with E-state index in [1.807, 2.05) is 6.07 Å². The number of benzene rings is 1. The maximum absolute atomic E-state index is 10.7. The number of aliphatic hydroxyl groups excluding tert-OH is 2. The van der Waals surface area contributed by atoms with Gasteiger partial charge in [0.15, 0.2) is 0 Å². The highest BCUT2D eigenvalue weighted by Crippen LogP contribution is 2.28. The number of aromatic hydroxyl groups is 1. The summed E-state index contributed by atoms with van der Waals surface area (Å²) in [6.07, 6.45) is -2.33. The zero-order valence-electron chi connectivity index (χ0n) is 10.5. The summed E-state index contributed by atoms with van der Waals surface area (Å²) >= 11 is 0. The van der Waals surface area contributed by atoms with Crippen molar-refractivity contribution < 1.29 is 20.1 Å². The highest BCUT2D eigenvalue weighted by molar-refractivity contribution is 5.72. The fraction of sp³-hybridized carbons (Fsp3) is 0.385. The minimum Gasteiger partial charge on any atom is -0.508 e. The molecule has 1 amide bonds. The van der Waals surface area contributed by atoms with Gasteiger partial charge in [-0.25, -0.2) is 0 Å². The van der Waals surface area contributed by atoms with Crippen LogP contribution in [0, 0.1) is 11.3 Å². The average Bonchev–Trinajstić information content (AvgIpc) is 2.38. The first kappa shape index (κ1) is 15.0. The van der Waals surface area contributed by atoms with Crippen LogP contribution in [0.15, 0.2) is 18.2 Å². The number of hydrogen-bond donors (Lipinski definition) is 4. The highest BCUT2D eigenvalue weighted by atomic mass is 16.3. The molecule has 1 aromatic carbocycles. The van der Waals surface area contributed by atoms with Crippen LogP contribution in [0.3, 0.4) is 0 Å². The molecule has 6 heteroatoms. The predicted molar refractivity (Wildman–Crippen MR) is 67.1 cm³/mol. The van der Waals surface area contributed by atoms with Crippen LogP contribution in [0.25, 0.3) is 0 Å². The number of hydrogen-bond acceptors (Lipinski definition) is 5. The number of carbonyl (C=O) groups excluding carboxylic acids is 1. The molecule has 0 fully saturated rings. The third kappa shape index (κ3) is 4.25. The van der Waals surface area contributed by atoms with Crippen molar-refractivity contribution in [2.75, 3.05) is 6.54 Å². The monoisotopic (exact) mass is 264 g/mol. The summed E-state index contributed by atoms with van der Waals surface area (Å²) in [5.74, 6) is -0.416. The lowest BCUT2D eigenvalue weighted by Crippen LogP contribution is -2.27. The Morgan fingerprint density at radius 1 is 1.47 bits per heavy atom. The molecule has 6 nitrogen and oxygen atoms in total. The molecule has 0 bridgehead atoms. The summed E-state index contributed by atoms with van der Waals surface area (Å²) in [6.45, 7) is 1.57. The molecule has 0 aliphatic heterocycles. The van der Waals surface area contributed by atoms with Gasteiger partial charge in [0.1, 0.15) is 11.9 Å². The lowest BCUT2D eigenvalue weighted by Gasteiger charge is -2.19. The average molecular weight is 264 g/mol. The van der Waals surface area contributed by atoms with Crippen LogP contribution in [-0.4, -0.2) is 33.9 Å². The fourth-order valence-electron chi connectivity index (χ4n) is 1.62. The van der Waals surface area contributed by atoms with E-state index in [4.69, 9.17) is 5.26 Å². The molecule has 0 radical (unpaired) electrons. The van der Waals surface area contributed by atoms with Gasteiger partial charge in [0.25, 0.3) is 0 Å². The van der Waals surface area contributed by atoms with E-state index in [0.717, 1.165) is 0 Å². The van der Waals surface area contributed by atoms with Gasteiger partial charge in [0, 0.05) is 19.0 Å². The molecule has 102 valence electrons. The lowest BCUT2D eigenvalue weighted by molar-refractivity contribution is -0.119. The second kappa shape index (κ2) is 6.73. The number of nitrogens with zero attached hydrogens (tertiary/aromatic N) is 1. The van der Waals surface area contributed by atoms with E-state index >= 15 is 0 Å². The summed E-state index contributed by atoms with van der Waals surface area (Å²) in [7, 11) is 0. The van der Waals surface area contributed by atoms with Gasteiger partial charge in [-0.3, -0.25) is 4.79 Å². The second-order valence-corrected chi connectivity index (χ2v) is 4.17. The van der Waals surface area contributed by atoms with Crippen LogP contribution in [0.1, 0.15) is 30.6 Å². The van der Waals surface area contributed by atoms with Crippen molar-refractivity contribution in [2.24, 2.45) is 0 Å². The van der Waals surface area contributed by atoms with E-state index < -0.39 is 12.2 Å². The first-order valence-corrected chi connectivity index (χ1v) is 5.79. The van der Waals surface area contributed by atoms with Gasteiger partial charge >= 0.3 is 0 Å². The van der Waals surface area contributed by atoms with E-state index in [1.54, 1.807) is 0 Å². The Balaban J connectivity index is 2.73. The van der Waals surface area contributed by atoms with Crippen molar-refractivity contribution in [3.63, 3.8) is 0 Å². The minimum absolute atomic E-state index is 0.0920. The summed E-state index contributed by atoms with van der Waals surface area (Å²) in [5.41, 5.74) is 0.371. The number of aliphatic hydroxyl groups is 2. The van der Waals surface area contributed by atoms with Crippen LogP contribution in [0.2, 0.25) is 0 Å². The first-order valence-electron chi connectivity index (χ1n) is 5.79. The number of nitriles is 1. The van der Waals surface area contributed by atoms with Gasteiger partial charge in [-0.05, 0) is 24.6 Å². The molecule has 0 spiro atoms. The largest absolute Gasteiger partial charge is 0.508 e. The van der Waals surface area contributed by atoms with Crippen molar-refractivity contribution in [1.82, 2.24) is 5.32 Å². The first-order chi connectivity index (χ1) is 8.95. The molecule has 1 rings (SSSR count). The molecule has 0 heterocycles. The third-order valence-electron chi connectivity index (χ3n) is 2.65. The van der Waals surface area contributed by atoms with Crippen molar-refractivity contribution in [1.29, 1.82) is 5.26 Å². The molecule has 1 aromatic rings. The molecule has 0 saturated heterocycles. The van der Waals surface area contributed by atoms with E-state index in [-0.39, 0.29) is 35.7 Å². The van der Waals surface area contributed by atoms with Gasteiger partial charge < -0.3 is 20.6 Å². The number of phenolic OH excluding ortho intramolecular Hbond substituents is 1. The number of amides is 1. The Kier molecular flexibility index (Phi) is 5.30. The minimum atomic E-state index is -1.32.